The average Bonchev–Trinajstić information content (AvgIpc) is 3.03. The van der Waals surface area contributed by atoms with Gasteiger partial charge in [-0.15, -0.1) is 0 Å². The third kappa shape index (κ3) is 2.25. The van der Waals surface area contributed by atoms with E-state index in [1.165, 1.54) is 6.42 Å². The van der Waals surface area contributed by atoms with Crippen LogP contribution in [0.15, 0.2) is 4.52 Å². The molecule has 0 aliphatic heterocycles. The van der Waals surface area contributed by atoms with Crippen LogP contribution in [0.5, 0.6) is 0 Å². The van der Waals surface area contributed by atoms with Crippen molar-refractivity contribution in [1.82, 2.24) is 15.5 Å². The Hall–Kier alpha value is -1.43. The van der Waals surface area contributed by atoms with Crippen LogP contribution < -0.4 is 11.1 Å². The molecule has 0 unspecified atom stereocenters. The van der Waals surface area contributed by atoms with E-state index in [2.05, 4.69) is 15.5 Å². The number of amides is 1. The van der Waals surface area contributed by atoms with Crippen LogP contribution in [0.3, 0.4) is 0 Å². The van der Waals surface area contributed by atoms with Gasteiger partial charge in [-0.05, 0) is 25.7 Å². The van der Waals surface area contributed by atoms with Gasteiger partial charge in [0.05, 0.1) is 5.54 Å². The highest BCUT2D eigenvalue weighted by Gasteiger charge is 2.36. The average molecular weight is 250 g/mol. The highest BCUT2D eigenvalue weighted by atomic mass is 16.5. The van der Waals surface area contributed by atoms with Gasteiger partial charge in [0.15, 0.2) is 0 Å². The minimum absolute atomic E-state index is 0.104. The van der Waals surface area contributed by atoms with E-state index in [9.17, 15) is 4.79 Å². The Morgan fingerprint density at radius 3 is 2.72 bits per heavy atom. The molecule has 2 fully saturated rings. The van der Waals surface area contributed by atoms with Crippen molar-refractivity contribution in [1.29, 1.82) is 0 Å². The molecule has 2 aliphatic rings. The molecule has 1 aromatic rings. The number of hydrogen-bond donors (Lipinski definition) is 2. The minimum atomic E-state index is -0.538. The molecule has 0 bridgehead atoms. The molecule has 98 valence electrons. The molecule has 3 N–H and O–H groups in total. The van der Waals surface area contributed by atoms with Gasteiger partial charge in [-0.2, -0.15) is 4.98 Å². The molecular formula is C12H18N4O2. The van der Waals surface area contributed by atoms with E-state index in [0.717, 1.165) is 38.5 Å². The first kappa shape index (κ1) is 11.6. The summed E-state index contributed by atoms with van der Waals surface area (Å²) in [5, 5.41) is 6.57. The van der Waals surface area contributed by atoms with Crippen molar-refractivity contribution in [2.24, 2.45) is 5.73 Å². The van der Waals surface area contributed by atoms with E-state index in [-0.39, 0.29) is 11.7 Å². The summed E-state index contributed by atoms with van der Waals surface area (Å²) in [5.41, 5.74) is 5.74. The Morgan fingerprint density at radius 1 is 1.33 bits per heavy atom. The lowest BCUT2D eigenvalue weighted by molar-refractivity contribution is 0.0937. The van der Waals surface area contributed by atoms with Crippen LogP contribution in [0, 0.1) is 0 Å². The summed E-state index contributed by atoms with van der Waals surface area (Å²) >= 11 is 0. The Bertz CT molecular complexity index is 447. The van der Waals surface area contributed by atoms with E-state index < -0.39 is 5.54 Å². The van der Waals surface area contributed by atoms with Crippen LogP contribution in [0.2, 0.25) is 0 Å². The predicted octanol–water partition coefficient (Wildman–Crippen LogP) is 1.08. The Balaban J connectivity index is 1.73. The van der Waals surface area contributed by atoms with Gasteiger partial charge in [0.25, 0.3) is 11.7 Å². The SMILES string of the molecule is NC1(c2nc(C(=O)NC3CC3)no2)CCCCC1. The van der Waals surface area contributed by atoms with E-state index >= 15 is 0 Å². The predicted molar refractivity (Wildman–Crippen MR) is 63.7 cm³/mol. The fourth-order valence-electron chi connectivity index (χ4n) is 2.39. The van der Waals surface area contributed by atoms with Gasteiger partial charge >= 0.3 is 0 Å². The molecule has 1 heterocycles. The van der Waals surface area contributed by atoms with Crippen molar-refractivity contribution >= 4 is 5.91 Å². The van der Waals surface area contributed by atoms with E-state index in [0.29, 0.717) is 11.9 Å². The first-order valence-corrected chi connectivity index (χ1v) is 6.61. The summed E-state index contributed by atoms with van der Waals surface area (Å²) in [6, 6.07) is 0.293. The Morgan fingerprint density at radius 2 is 2.06 bits per heavy atom. The van der Waals surface area contributed by atoms with Crippen LogP contribution in [-0.4, -0.2) is 22.1 Å². The maximum atomic E-state index is 11.8. The zero-order chi connectivity index (χ0) is 12.6. The smallest absolute Gasteiger partial charge is 0.292 e. The number of carbonyl (C=O) groups is 1. The first-order chi connectivity index (χ1) is 8.67. The molecule has 0 saturated heterocycles. The first-order valence-electron chi connectivity index (χ1n) is 6.61. The quantitative estimate of drug-likeness (QED) is 0.837. The fraction of sp³-hybridized carbons (Fsp3) is 0.750. The summed E-state index contributed by atoms with van der Waals surface area (Å²) in [6.07, 6.45) is 7.11. The molecule has 6 nitrogen and oxygen atoms in total. The molecule has 6 heteroatoms. The Labute approximate surface area is 105 Å². The van der Waals surface area contributed by atoms with Crippen LogP contribution in [0.4, 0.5) is 0 Å². The second kappa shape index (κ2) is 4.35. The number of nitrogens with zero attached hydrogens (tertiary/aromatic N) is 2. The molecule has 3 rings (SSSR count). The van der Waals surface area contributed by atoms with Gasteiger partial charge in [-0.3, -0.25) is 4.79 Å². The summed E-state index contributed by atoms with van der Waals surface area (Å²) in [4.78, 5) is 15.9. The van der Waals surface area contributed by atoms with Crippen molar-refractivity contribution in [2.45, 2.75) is 56.5 Å². The molecule has 18 heavy (non-hydrogen) atoms. The lowest BCUT2D eigenvalue weighted by Gasteiger charge is -2.29. The van der Waals surface area contributed by atoms with Crippen molar-refractivity contribution in [3.05, 3.63) is 11.7 Å². The topological polar surface area (TPSA) is 94.0 Å². The van der Waals surface area contributed by atoms with E-state index in [4.69, 9.17) is 10.3 Å². The number of rotatable bonds is 3. The second-order valence-corrected chi connectivity index (χ2v) is 5.39. The van der Waals surface area contributed by atoms with Crippen LogP contribution in [-0.2, 0) is 5.54 Å². The fourth-order valence-corrected chi connectivity index (χ4v) is 2.39. The molecule has 2 aliphatic carbocycles. The number of nitrogens with one attached hydrogen (secondary N) is 1. The minimum Gasteiger partial charge on any atom is -0.346 e. The lowest BCUT2D eigenvalue weighted by atomic mass is 9.82. The van der Waals surface area contributed by atoms with Crippen molar-refractivity contribution in [3.63, 3.8) is 0 Å². The Kier molecular flexibility index (Phi) is 2.81. The summed E-state index contributed by atoms with van der Waals surface area (Å²) in [5.74, 6) is 0.252. The van der Waals surface area contributed by atoms with E-state index in [1.807, 2.05) is 0 Å². The number of carbonyl (C=O) groups excluding carboxylic acids is 1. The van der Waals surface area contributed by atoms with Gasteiger partial charge in [0.2, 0.25) is 5.89 Å². The van der Waals surface area contributed by atoms with Crippen molar-refractivity contribution in [2.75, 3.05) is 0 Å². The molecule has 2 saturated carbocycles. The maximum Gasteiger partial charge on any atom is 0.292 e. The highest BCUT2D eigenvalue weighted by molar-refractivity contribution is 5.90. The number of hydrogen-bond acceptors (Lipinski definition) is 5. The third-order valence-electron chi connectivity index (χ3n) is 3.71. The second-order valence-electron chi connectivity index (χ2n) is 5.39. The molecule has 0 radical (unpaired) electrons. The standard InChI is InChI=1S/C12H18N4O2/c13-12(6-2-1-3-7-12)11-15-9(16-18-11)10(17)14-8-4-5-8/h8H,1-7,13H2,(H,14,17). The van der Waals surface area contributed by atoms with Gasteiger partial charge in [-0.25, -0.2) is 0 Å². The van der Waals surface area contributed by atoms with Gasteiger partial charge < -0.3 is 15.6 Å². The monoisotopic (exact) mass is 250 g/mol. The van der Waals surface area contributed by atoms with Gasteiger partial charge in [-0.1, -0.05) is 24.4 Å². The van der Waals surface area contributed by atoms with Crippen LogP contribution in [0.25, 0.3) is 0 Å². The normalized spacial score (nSPS) is 22.7. The summed E-state index contributed by atoms with van der Waals surface area (Å²) in [7, 11) is 0. The van der Waals surface area contributed by atoms with E-state index in [1.54, 1.807) is 0 Å². The summed E-state index contributed by atoms with van der Waals surface area (Å²) in [6.45, 7) is 0. The highest BCUT2D eigenvalue weighted by Crippen LogP contribution is 2.33. The lowest BCUT2D eigenvalue weighted by Crippen LogP contribution is -2.39. The van der Waals surface area contributed by atoms with Gasteiger partial charge in [0, 0.05) is 6.04 Å². The maximum absolute atomic E-state index is 11.8. The number of nitrogens with two attached hydrogens (primary N) is 1. The molecule has 0 atom stereocenters. The zero-order valence-corrected chi connectivity index (χ0v) is 10.3. The van der Waals surface area contributed by atoms with Crippen molar-refractivity contribution < 1.29 is 9.32 Å². The molecule has 0 aromatic carbocycles. The van der Waals surface area contributed by atoms with Gasteiger partial charge in [0.1, 0.15) is 0 Å². The molecule has 1 amide bonds. The largest absolute Gasteiger partial charge is 0.346 e. The number of aromatic nitrogens is 2. The zero-order valence-electron chi connectivity index (χ0n) is 10.3. The third-order valence-corrected chi connectivity index (χ3v) is 3.71. The molecular weight excluding hydrogens is 232 g/mol. The summed E-state index contributed by atoms with van der Waals surface area (Å²) < 4.78 is 5.18. The van der Waals surface area contributed by atoms with Crippen LogP contribution >= 0.6 is 0 Å². The van der Waals surface area contributed by atoms with Crippen LogP contribution in [0.1, 0.15) is 61.5 Å². The molecule has 1 aromatic heterocycles. The molecule has 0 spiro atoms. The van der Waals surface area contributed by atoms with Crippen molar-refractivity contribution in [3.8, 4) is 0 Å².